The quantitative estimate of drug-likeness (QED) is 0.310. The third-order valence-electron chi connectivity index (χ3n) is 5.88. The molecule has 3 nitrogen and oxygen atoms in total. The highest BCUT2D eigenvalue weighted by Gasteiger charge is 2.57. The number of hydrogen-bond acceptors (Lipinski definition) is 3. The molecule has 0 aromatic heterocycles. The van der Waals surface area contributed by atoms with E-state index in [1.807, 2.05) is 0 Å². The molecule has 3 aliphatic carbocycles. The minimum atomic E-state index is -0.140. The van der Waals surface area contributed by atoms with Crippen LogP contribution in [0, 0.1) is 29.1 Å². The average molecular weight is 292 g/mol. The van der Waals surface area contributed by atoms with Crippen LogP contribution >= 0.6 is 0 Å². The Morgan fingerprint density at radius 1 is 1.29 bits per heavy atom. The van der Waals surface area contributed by atoms with Crippen LogP contribution in [0.5, 0.6) is 0 Å². The van der Waals surface area contributed by atoms with E-state index in [1.54, 1.807) is 0 Å². The summed E-state index contributed by atoms with van der Waals surface area (Å²) in [6.07, 6.45) is 11.2. The van der Waals surface area contributed by atoms with Gasteiger partial charge in [0, 0.05) is 12.3 Å². The van der Waals surface area contributed by atoms with E-state index in [2.05, 4.69) is 30.7 Å². The molecule has 0 aromatic carbocycles. The van der Waals surface area contributed by atoms with Crippen LogP contribution in [0.25, 0.3) is 0 Å². The number of rotatable bonds is 7. The molecule has 0 radical (unpaired) electrons. The lowest BCUT2D eigenvalue weighted by Crippen LogP contribution is -2.56. The molecule has 0 amide bonds. The van der Waals surface area contributed by atoms with Gasteiger partial charge in [0.15, 0.2) is 0 Å². The number of esters is 1. The Morgan fingerprint density at radius 2 is 2.05 bits per heavy atom. The molecule has 0 aliphatic heterocycles. The smallest absolute Gasteiger partial charge is 0.305 e. The molecule has 3 saturated carbocycles. The topological polar surface area (TPSA) is 43.4 Å². The average Bonchev–Trinajstić information content (AvgIpc) is 2.49. The van der Waals surface area contributed by atoms with Gasteiger partial charge in [0.1, 0.15) is 6.29 Å². The van der Waals surface area contributed by atoms with Crippen LogP contribution in [0.1, 0.15) is 52.4 Å². The zero-order valence-corrected chi connectivity index (χ0v) is 13.5. The molecule has 0 saturated heterocycles. The van der Waals surface area contributed by atoms with E-state index < -0.39 is 0 Å². The highest BCUT2D eigenvalue weighted by molar-refractivity contribution is 5.69. The van der Waals surface area contributed by atoms with Gasteiger partial charge in [-0.05, 0) is 55.3 Å². The number of carbonyl (C=O) groups is 2. The number of ether oxygens (including phenoxy) is 1. The molecule has 2 bridgehead atoms. The fourth-order valence-electron chi connectivity index (χ4n) is 4.27. The zero-order valence-electron chi connectivity index (χ0n) is 13.5. The highest BCUT2D eigenvalue weighted by atomic mass is 16.5. The minimum absolute atomic E-state index is 0.140. The molecule has 3 aliphatic rings. The Hall–Kier alpha value is -1.12. The van der Waals surface area contributed by atoms with Gasteiger partial charge in [-0.25, -0.2) is 0 Å². The molecule has 0 N–H and O–H groups in total. The summed E-state index contributed by atoms with van der Waals surface area (Å²) < 4.78 is 4.61. The lowest BCUT2D eigenvalue weighted by molar-refractivity contribution is -0.148. The van der Waals surface area contributed by atoms with Crippen LogP contribution in [-0.4, -0.2) is 19.4 Å². The number of aldehydes is 1. The number of unbranched alkanes of at least 4 members (excludes halogenated alkanes) is 1. The van der Waals surface area contributed by atoms with Crippen LogP contribution in [0.15, 0.2) is 12.2 Å². The first kappa shape index (κ1) is 16.3. The molecule has 3 heteroatoms. The zero-order chi connectivity index (χ0) is 15.5. The Bertz CT molecular complexity index is 411. The summed E-state index contributed by atoms with van der Waals surface area (Å²) in [6.45, 7) is 4.64. The second-order valence-corrected chi connectivity index (χ2v) is 7.25. The Morgan fingerprint density at radius 3 is 2.67 bits per heavy atom. The number of methoxy groups -OCH3 is 1. The maximum atomic E-state index is 11.5. The van der Waals surface area contributed by atoms with E-state index in [4.69, 9.17) is 0 Å². The van der Waals surface area contributed by atoms with E-state index in [-0.39, 0.29) is 11.9 Å². The van der Waals surface area contributed by atoms with Gasteiger partial charge in [0.05, 0.1) is 7.11 Å². The third-order valence-corrected chi connectivity index (χ3v) is 5.88. The number of hydrogen-bond donors (Lipinski definition) is 0. The van der Waals surface area contributed by atoms with Gasteiger partial charge in [-0.15, -0.1) is 0 Å². The summed E-state index contributed by atoms with van der Waals surface area (Å²) >= 11 is 0. The molecule has 3 rings (SSSR count). The molecule has 0 heterocycles. The van der Waals surface area contributed by atoms with Gasteiger partial charge in [0.25, 0.3) is 0 Å². The summed E-state index contributed by atoms with van der Waals surface area (Å²) in [5.74, 6) is 2.02. The summed E-state index contributed by atoms with van der Waals surface area (Å²) in [5, 5.41) is 0. The van der Waals surface area contributed by atoms with Crippen molar-refractivity contribution < 1.29 is 14.3 Å². The van der Waals surface area contributed by atoms with Crippen molar-refractivity contribution in [3.8, 4) is 0 Å². The van der Waals surface area contributed by atoms with Gasteiger partial charge < -0.3 is 9.53 Å². The predicted molar refractivity (Wildman–Crippen MR) is 82.7 cm³/mol. The van der Waals surface area contributed by atoms with Crippen molar-refractivity contribution in [2.24, 2.45) is 29.1 Å². The molecule has 118 valence electrons. The molecular formula is C18H28O3. The second kappa shape index (κ2) is 6.76. The van der Waals surface area contributed by atoms with Crippen molar-refractivity contribution in [1.29, 1.82) is 0 Å². The largest absolute Gasteiger partial charge is 0.469 e. The fraction of sp³-hybridized carbons (Fsp3) is 0.778. The number of carbonyl (C=O) groups excluding carboxylic acids is 2. The molecule has 21 heavy (non-hydrogen) atoms. The minimum Gasteiger partial charge on any atom is -0.469 e. The van der Waals surface area contributed by atoms with E-state index in [0.29, 0.717) is 23.7 Å². The lowest BCUT2D eigenvalue weighted by atomic mass is 9.43. The van der Waals surface area contributed by atoms with E-state index >= 15 is 0 Å². The fourth-order valence-corrected chi connectivity index (χ4v) is 4.27. The SMILES string of the molecule is COC(=O)CCC/C=C\C[C@H]1CC2CC([C@H]1C=O)C2(C)C. The van der Waals surface area contributed by atoms with Crippen LogP contribution in [-0.2, 0) is 14.3 Å². The number of allylic oxidation sites excluding steroid dienone is 2. The summed E-state index contributed by atoms with van der Waals surface area (Å²) in [6, 6.07) is 0. The maximum absolute atomic E-state index is 11.5. The summed E-state index contributed by atoms with van der Waals surface area (Å²) in [4.78, 5) is 22.5. The lowest BCUT2D eigenvalue weighted by Gasteiger charge is -2.61. The van der Waals surface area contributed by atoms with Gasteiger partial charge in [-0.1, -0.05) is 26.0 Å². The van der Waals surface area contributed by atoms with Crippen molar-refractivity contribution in [2.75, 3.05) is 7.11 Å². The van der Waals surface area contributed by atoms with E-state index in [1.165, 1.54) is 26.2 Å². The highest BCUT2D eigenvalue weighted by Crippen LogP contribution is 2.63. The van der Waals surface area contributed by atoms with Gasteiger partial charge >= 0.3 is 5.97 Å². The van der Waals surface area contributed by atoms with Crippen molar-refractivity contribution in [3.63, 3.8) is 0 Å². The van der Waals surface area contributed by atoms with Crippen LogP contribution in [0.3, 0.4) is 0 Å². The van der Waals surface area contributed by atoms with Crippen molar-refractivity contribution >= 4 is 12.3 Å². The second-order valence-electron chi connectivity index (χ2n) is 7.25. The standard InChI is InChI=1S/C18H28O3/c1-18(2)14-10-13(15(12-19)16(18)11-14)8-6-4-5-7-9-17(20)21-3/h4,6,12-16H,5,7-11H2,1-3H3/b6-4-/t13-,14?,15-,16?/m0/s1. The first-order valence-corrected chi connectivity index (χ1v) is 8.17. The first-order chi connectivity index (χ1) is 10.0. The van der Waals surface area contributed by atoms with E-state index in [0.717, 1.165) is 25.2 Å². The molecule has 0 aromatic rings. The van der Waals surface area contributed by atoms with Crippen molar-refractivity contribution in [1.82, 2.24) is 0 Å². The maximum Gasteiger partial charge on any atom is 0.305 e. The Labute approximate surface area is 128 Å². The Balaban J connectivity index is 1.74. The predicted octanol–water partition coefficient (Wildman–Crippen LogP) is 3.77. The van der Waals surface area contributed by atoms with Crippen LogP contribution in [0.2, 0.25) is 0 Å². The van der Waals surface area contributed by atoms with Crippen LogP contribution in [0.4, 0.5) is 0 Å². The Kier molecular flexibility index (Phi) is 5.23. The molecule has 0 spiro atoms. The number of fused-ring (bicyclic) bond motifs is 2. The van der Waals surface area contributed by atoms with Crippen molar-refractivity contribution in [2.45, 2.75) is 52.4 Å². The van der Waals surface area contributed by atoms with E-state index in [9.17, 15) is 9.59 Å². The van der Waals surface area contributed by atoms with Gasteiger partial charge in [-0.3, -0.25) is 4.79 Å². The summed E-state index contributed by atoms with van der Waals surface area (Å²) in [5.41, 5.74) is 0.367. The van der Waals surface area contributed by atoms with Crippen LogP contribution < -0.4 is 0 Å². The summed E-state index contributed by atoms with van der Waals surface area (Å²) in [7, 11) is 1.42. The molecule has 2 unspecified atom stereocenters. The van der Waals surface area contributed by atoms with Gasteiger partial charge in [0.2, 0.25) is 0 Å². The molecular weight excluding hydrogens is 264 g/mol. The monoisotopic (exact) mass is 292 g/mol. The third kappa shape index (κ3) is 3.38. The van der Waals surface area contributed by atoms with Gasteiger partial charge in [-0.2, -0.15) is 0 Å². The normalized spacial score (nSPS) is 33.5. The molecule has 4 atom stereocenters. The first-order valence-electron chi connectivity index (χ1n) is 8.17. The molecule has 3 fully saturated rings. The van der Waals surface area contributed by atoms with Crippen molar-refractivity contribution in [3.05, 3.63) is 12.2 Å².